The van der Waals surface area contributed by atoms with Gasteiger partial charge in [-0.15, -0.1) is 0 Å². The van der Waals surface area contributed by atoms with Crippen LogP contribution in [0.2, 0.25) is 0 Å². The van der Waals surface area contributed by atoms with Crippen molar-refractivity contribution >= 4 is 12.0 Å². The van der Waals surface area contributed by atoms with Crippen molar-refractivity contribution in [2.24, 2.45) is 0 Å². The molecule has 114 valence electrons. The van der Waals surface area contributed by atoms with Gasteiger partial charge in [-0.05, 0) is 17.7 Å². The highest BCUT2D eigenvalue weighted by Crippen LogP contribution is 2.24. The van der Waals surface area contributed by atoms with Crippen LogP contribution in [0.4, 0.5) is 0 Å². The van der Waals surface area contributed by atoms with Crippen LogP contribution in [0.3, 0.4) is 0 Å². The summed E-state index contributed by atoms with van der Waals surface area (Å²) in [6.45, 7) is -0.127. The second-order valence-corrected chi connectivity index (χ2v) is 4.63. The van der Waals surface area contributed by atoms with Crippen molar-refractivity contribution in [3.8, 4) is 5.75 Å². The van der Waals surface area contributed by atoms with Gasteiger partial charge in [-0.1, -0.05) is 48.5 Å². The molecule has 0 heterocycles. The van der Waals surface area contributed by atoms with Gasteiger partial charge < -0.3 is 14.6 Å². The maximum absolute atomic E-state index is 11.7. The summed E-state index contributed by atoms with van der Waals surface area (Å²) in [5.74, 6) is 0.0590. The van der Waals surface area contributed by atoms with Gasteiger partial charge in [0.1, 0.15) is 18.5 Å². The van der Waals surface area contributed by atoms with Crippen molar-refractivity contribution < 1.29 is 19.4 Å². The molecule has 4 nitrogen and oxygen atoms in total. The number of carbonyl (C=O) groups is 1. The fraction of sp³-hybridized carbons (Fsp3) is 0.167. The maximum Gasteiger partial charge on any atom is 0.330 e. The zero-order valence-electron chi connectivity index (χ0n) is 12.3. The molecule has 22 heavy (non-hydrogen) atoms. The van der Waals surface area contributed by atoms with E-state index in [1.54, 1.807) is 24.3 Å². The Hall–Kier alpha value is -2.59. The summed E-state index contributed by atoms with van der Waals surface area (Å²) < 4.78 is 10.2. The van der Waals surface area contributed by atoms with Crippen LogP contribution < -0.4 is 4.74 Å². The fourth-order valence-electron chi connectivity index (χ4n) is 1.97. The Kier molecular flexibility index (Phi) is 5.74. The van der Waals surface area contributed by atoms with Crippen molar-refractivity contribution in [3.63, 3.8) is 0 Å². The number of benzene rings is 2. The molecule has 0 aromatic heterocycles. The number of para-hydroxylation sites is 1. The SMILES string of the molecule is COc1ccccc1[C@@H](O)COC(=O)/C=C/c1ccccc1. The Balaban J connectivity index is 1.89. The number of hydrogen-bond acceptors (Lipinski definition) is 4. The van der Waals surface area contributed by atoms with Crippen LogP contribution in [0.25, 0.3) is 6.08 Å². The molecule has 0 bridgehead atoms. The summed E-state index contributed by atoms with van der Waals surface area (Å²) in [6, 6.07) is 16.5. The highest BCUT2D eigenvalue weighted by molar-refractivity contribution is 5.87. The first kappa shape index (κ1) is 15.8. The summed E-state index contributed by atoms with van der Waals surface area (Å²) in [7, 11) is 1.53. The van der Waals surface area contributed by atoms with Crippen LogP contribution >= 0.6 is 0 Å². The van der Waals surface area contributed by atoms with E-state index in [-0.39, 0.29) is 6.61 Å². The molecule has 0 fully saturated rings. The molecule has 0 saturated heterocycles. The van der Waals surface area contributed by atoms with E-state index in [1.165, 1.54) is 13.2 Å². The number of esters is 1. The number of ether oxygens (including phenoxy) is 2. The molecule has 0 saturated carbocycles. The van der Waals surface area contributed by atoms with Crippen LogP contribution in [-0.2, 0) is 9.53 Å². The smallest absolute Gasteiger partial charge is 0.330 e. The topological polar surface area (TPSA) is 55.8 Å². The minimum atomic E-state index is -0.926. The van der Waals surface area contributed by atoms with E-state index in [4.69, 9.17) is 9.47 Å². The van der Waals surface area contributed by atoms with E-state index in [0.29, 0.717) is 11.3 Å². The summed E-state index contributed by atoms with van der Waals surface area (Å²) in [5, 5.41) is 10.1. The quantitative estimate of drug-likeness (QED) is 0.658. The van der Waals surface area contributed by atoms with E-state index in [1.807, 2.05) is 36.4 Å². The van der Waals surface area contributed by atoms with Gasteiger partial charge in [-0.2, -0.15) is 0 Å². The van der Waals surface area contributed by atoms with E-state index in [2.05, 4.69) is 0 Å². The van der Waals surface area contributed by atoms with E-state index in [0.717, 1.165) is 5.56 Å². The Morgan fingerprint density at radius 2 is 1.82 bits per heavy atom. The minimum absolute atomic E-state index is 0.127. The normalized spacial score (nSPS) is 12.1. The molecule has 2 rings (SSSR count). The van der Waals surface area contributed by atoms with Gasteiger partial charge in [0.05, 0.1) is 7.11 Å². The molecule has 4 heteroatoms. The second kappa shape index (κ2) is 8.00. The Morgan fingerprint density at radius 3 is 2.55 bits per heavy atom. The minimum Gasteiger partial charge on any atom is -0.496 e. The third-order valence-corrected chi connectivity index (χ3v) is 3.09. The summed E-state index contributed by atoms with van der Waals surface area (Å²) in [6.07, 6.45) is 2.08. The number of rotatable bonds is 6. The predicted molar refractivity (Wildman–Crippen MR) is 84.4 cm³/mol. The molecule has 2 aromatic carbocycles. The van der Waals surface area contributed by atoms with E-state index < -0.39 is 12.1 Å². The second-order valence-electron chi connectivity index (χ2n) is 4.63. The van der Waals surface area contributed by atoms with Gasteiger partial charge in [-0.3, -0.25) is 0 Å². The molecule has 0 aliphatic carbocycles. The number of methoxy groups -OCH3 is 1. The van der Waals surface area contributed by atoms with Crippen molar-refractivity contribution in [3.05, 3.63) is 71.8 Å². The first-order valence-corrected chi connectivity index (χ1v) is 6.91. The molecule has 1 atom stereocenters. The van der Waals surface area contributed by atoms with Gasteiger partial charge >= 0.3 is 5.97 Å². The molecule has 0 amide bonds. The highest BCUT2D eigenvalue weighted by Gasteiger charge is 2.14. The number of carbonyl (C=O) groups excluding carboxylic acids is 1. The van der Waals surface area contributed by atoms with Crippen LogP contribution in [0.15, 0.2) is 60.7 Å². The summed E-state index contributed by atoms with van der Waals surface area (Å²) in [4.78, 5) is 11.7. The lowest BCUT2D eigenvalue weighted by molar-refractivity contribution is -0.140. The Labute approximate surface area is 129 Å². The monoisotopic (exact) mass is 298 g/mol. The average molecular weight is 298 g/mol. The van der Waals surface area contributed by atoms with Crippen LogP contribution in [0, 0.1) is 0 Å². The molecule has 0 spiro atoms. The lowest BCUT2D eigenvalue weighted by Crippen LogP contribution is -2.11. The number of aliphatic hydroxyl groups excluding tert-OH is 1. The van der Waals surface area contributed by atoms with Gasteiger partial charge in [0.2, 0.25) is 0 Å². The van der Waals surface area contributed by atoms with Crippen LogP contribution in [0.5, 0.6) is 5.75 Å². The zero-order valence-corrected chi connectivity index (χ0v) is 12.3. The van der Waals surface area contributed by atoms with Crippen molar-refractivity contribution in [2.45, 2.75) is 6.10 Å². The van der Waals surface area contributed by atoms with Gasteiger partial charge in [0.15, 0.2) is 0 Å². The van der Waals surface area contributed by atoms with E-state index >= 15 is 0 Å². The van der Waals surface area contributed by atoms with Gasteiger partial charge in [0, 0.05) is 11.6 Å². The number of aliphatic hydroxyl groups is 1. The first-order valence-electron chi connectivity index (χ1n) is 6.91. The fourth-order valence-corrected chi connectivity index (χ4v) is 1.97. The molecule has 0 unspecified atom stereocenters. The molecule has 2 aromatic rings. The number of hydrogen-bond donors (Lipinski definition) is 1. The lowest BCUT2D eigenvalue weighted by Gasteiger charge is -2.14. The summed E-state index contributed by atoms with van der Waals surface area (Å²) in [5.41, 5.74) is 1.49. The largest absolute Gasteiger partial charge is 0.496 e. The molecular weight excluding hydrogens is 280 g/mol. The third kappa shape index (κ3) is 4.46. The van der Waals surface area contributed by atoms with Gasteiger partial charge in [-0.25, -0.2) is 4.79 Å². The highest BCUT2D eigenvalue weighted by atomic mass is 16.5. The lowest BCUT2D eigenvalue weighted by atomic mass is 10.1. The molecule has 0 aliphatic heterocycles. The average Bonchev–Trinajstić information content (AvgIpc) is 2.58. The maximum atomic E-state index is 11.7. The Morgan fingerprint density at radius 1 is 1.14 bits per heavy atom. The van der Waals surface area contributed by atoms with Crippen LogP contribution in [0.1, 0.15) is 17.2 Å². The first-order chi connectivity index (χ1) is 10.7. The van der Waals surface area contributed by atoms with Crippen LogP contribution in [-0.4, -0.2) is 24.8 Å². The van der Waals surface area contributed by atoms with Crippen molar-refractivity contribution in [1.29, 1.82) is 0 Å². The van der Waals surface area contributed by atoms with Crippen molar-refractivity contribution in [2.75, 3.05) is 13.7 Å². The predicted octanol–water partition coefficient (Wildman–Crippen LogP) is 2.99. The Bertz CT molecular complexity index is 635. The van der Waals surface area contributed by atoms with Crippen molar-refractivity contribution in [1.82, 2.24) is 0 Å². The summed E-state index contributed by atoms with van der Waals surface area (Å²) >= 11 is 0. The zero-order chi connectivity index (χ0) is 15.8. The van der Waals surface area contributed by atoms with Gasteiger partial charge in [0.25, 0.3) is 0 Å². The molecular formula is C18H18O4. The standard InChI is InChI=1S/C18H18O4/c1-21-17-10-6-5-9-15(17)16(19)13-22-18(20)12-11-14-7-3-2-4-8-14/h2-12,16,19H,13H2,1H3/b12-11+/t16-/m0/s1. The third-order valence-electron chi connectivity index (χ3n) is 3.09. The molecule has 0 aliphatic rings. The molecule has 0 radical (unpaired) electrons. The molecule has 1 N–H and O–H groups in total. The van der Waals surface area contributed by atoms with E-state index in [9.17, 15) is 9.90 Å².